The number of benzene rings is 1. The maximum absolute atomic E-state index is 13.0. The van der Waals surface area contributed by atoms with Crippen molar-refractivity contribution in [2.24, 2.45) is 0 Å². The molecule has 0 saturated heterocycles. The molecule has 0 aliphatic carbocycles. The van der Waals surface area contributed by atoms with Crippen LogP contribution in [0.5, 0.6) is 0 Å². The number of Topliss-reactive ketones (excluding diaryl/α,β-unsaturated/α-hetero) is 1. The van der Waals surface area contributed by atoms with Gasteiger partial charge < -0.3 is 19.2 Å². The monoisotopic (exact) mass is 389 g/mol. The van der Waals surface area contributed by atoms with Crippen LogP contribution >= 0.6 is 11.6 Å². The zero-order valence-corrected chi connectivity index (χ0v) is 15.8. The van der Waals surface area contributed by atoms with Crippen molar-refractivity contribution in [3.05, 3.63) is 69.8 Å². The molecule has 7 heteroatoms. The number of hydrogen-bond donors (Lipinski definition) is 1. The molecule has 1 aromatic carbocycles. The summed E-state index contributed by atoms with van der Waals surface area (Å²) >= 11 is 6.11. The van der Waals surface area contributed by atoms with E-state index < -0.39 is 23.5 Å². The van der Waals surface area contributed by atoms with Gasteiger partial charge in [0.15, 0.2) is 11.5 Å². The Kier molecular flexibility index (Phi) is 5.68. The van der Waals surface area contributed by atoms with Crippen molar-refractivity contribution in [3.8, 4) is 0 Å². The van der Waals surface area contributed by atoms with Crippen LogP contribution in [-0.2, 0) is 9.53 Å². The molecule has 1 unspecified atom stereocenters. The summed E-state index contributed by atoms with van der Waals surface area (Å²) in [6.07, 6.45) is 0.563. The van der Waals surface area contributed by atoms with Crippen LogP contribution in [0.15, 0.2) is 52.1 Å². The standard InChI is InChI=1S/C20H20ClNO5/c1-12-7-8-15(27-12)18(23)16-17(13-5-3-6-14(21)11-13)22(9-4-10-26-2)20(25)19(16)24/h3,5-8,11,17,24H,4,9-10H2,1-2H3. The average molecular weight is 390 g/mol. The first-order valence-electron chi connectivity index (χ1n) is 8.53. The number of halogens is 1. The molecule has 0 fully saturated rings. The van der Waals surface area contributed by atoms with E-state index >= 15 is 0 Å². The van der Waals surface area contributed by atoms with Crippen LogP contribution in [0.2, 0.25) is 5.02 Å². The smallest absolute Gasteiger partial charge is 0.290 e. The van der Waals surface area contributed by atoms with Gasteiger partial charge in [-0.2, -0.15) is 0 Å². The predicted octanol–water partition coefficient (Wildman–Crippen LogP) is 3.86. The van der Waals surface area contributed by atoms with E-state index in [0.717, 1.165) is 0 Å². The Morgan fingerprint density at radius 2 is 2.11 bits per heavy atom. The van der Waals surface area contributed by atoms with E-state index in [1.54, 1.807) is 44.4 Å². The average Bonchev–Trinajstić information content (AvgIpc) is 3.18. The molecule has 1 aliphatic heterocycles. The third kappa shape index (κ3) is 3.77. The van der Waals surface area contributed by atoms with Gasteiger partial charge in [0, 0.05) is 25.3 Å². The van der Waals surface area contributed by atoms with Crippen LogP contribution in [-0.4, -0.2) is 42.0 Å². The number of aliphatic hydroxyl groups excluding tert-OH is 1. The van der Waals surface area contributed by atoms with Gasteiger partial charge in [0.1, 0.15) is 5.76 Å². The van der Waals surface area contributed by atoms with E-state index in [1.165, 1.54) is 11.0 Å². The molecule has 0 spiro atoms. The van der Waals surface area contributed by atoms with Gasteiger partial charge in [-0.15, -0.1) is 0 Å². The molecule has 6 nitrogen and oxygen atoms in total. The van der Waals surface area contributed by atoms with Gasteiger partial charge in [-0.05, 0) is 43.2 Å². The Bertz CT molecular complexity index is 901. The summed E-state index contributed by atoms with van der Waals surface area (Å²) in [5.74, 6) is -1.03. The third-order valence-corrected chi connectivity index (χ3v) is 4.66. The van der Waals surface area contributed by atoms with Gasteiger partial charge in [-0.1, -0.05) is 23.7 Å². The molecule has 1 atom stereocenters. The molecule has 142 valence electrons. The molecule has 27 heavy (non-hydrogen) atoms. The second kappa shape index (κ2) is 7.98. The third-order valence-electron chi connectivity index (χ3n) is 4.42. The van der Waals surface area contributed by atoms with Gasteiger partial charge in [0.2, 0.25) is 5.78 Å². The molecule has 2 heterocycles. The summed E-state index contributed by atoms with van der Waals surface area (Å²) < 4.78 is 10.5. The lowest BCUT2D eigenvalue weighted by molar-refractivity contribution is -0.129. The molecule has 1 aliphatic rings. The van der Waals surface area contributed by atoms with Gasteiger partial charge >= 0.3 is 0 Å². The van der Waals surface area contributed by atoms with Crippen molar-refractivity contribution in [2.75, 3.05) is 20.3 Å². The molecular weight excluding hydrogens is 370 g/mol. The number of aryl methyl sites for hydroxylation is 1. The van der Waals surface area contributed by atoms with E-state index in [-0.39, 0.29) is 11.3 Å². The van der Waals surface area contributed by atoms with Crippen molar-refractivity contribution in [1.82, 2.24) is 4.90 Å². The highest BCUT2D eigenvalue weighted by Gasteiger charge is 2.44. The fourth-order valence-corrected chi connectivity index (χ4v) is 3.41. The Hall–Kier alpha value is -2.57. The zero-order valence-electron chi connectivity index (χ0n) is 15.1. The lowest BCUT2D eigenvalue weighted by Crippen LogP contribution is -2.32. The van der Waals surface area contributed by atoms with Gasteiger partial charge in [-0.25, -0.2) is 0 Å². The van der Waals surface area contributed by atoms with Crippen molar-refractivity contribution in [2.45, 2.75) is 19.4 Å². The summed E-state index contributed by atoms with van der Waals surface area (Å²) in [5, 5.41) is 11.0. The van der Waals surface area contributed by atoms with Crippen molar-refractivity contribution in [3.63, 3.8) is 0 Å². The highest BCUT2D eigenvalue weighted by atomic mass is 35.5. The van der Waals surface area contributed by atoms with E-state index in [1.807, 2.05) is 0 Å². The summed E-state index contributed by atoms with van der Waals surface area (Å²) in [5.41, 5.74) is 0.637. The van der Waals surface area contributed by atoms with Crippen molar-refractivity contribution in [1.29, 1.82) is 0 Å². The van der Waals surface area contributed by atoms with E-state index in [4.69, 9.17) is 20.8 Å². The molecule has 0 radical (unpaired) electrons. The van der Waals surface area contributed by atoms with E-state index in [2.05, 4.69) is 0 Å². The number of carbonyl (C=O) groups excluding carboxylic acids is 2. The normalized spacial score (nSPS) is 17.1. The van der Waals surface area contributed by atoms with Crippen LogP contribution in [0.25, 0.3) is 0 Å². The first-order valence-corrected chi connectivity index (χ1v) is 8.91. The fraction of sp³-hybridized carbons (Fsp3) is 0.300. The predicted molar refractivity (Wildman–Crippen MR) is 99.8 cm³/mol. The van der Waals surface area contributed by atoms with Gasteiger partial charge in [0.05, 0.1) is 11.6 Å². The Morgan fingerprint density at radius 3 is 2.74 bits per heavy atom. The molecule has 1 amide bonds. The molecule has 1 aromatic heterocycles. The minimum atomic E-state index is -0.744. The maximum Gasteiger partial charge on any atom is 0.290 e. The maximum atomic E-state index is 13.0. The zero-order chi connectivity index (χ0) is 19.6. The van der Waals surface area contributed by atoms with Gasteiger partial charge in [-0.3, -0.25) is 9.59 Å². The highest BCUT2D eigenvalue weighted by Crippen LogP contribution is 2.39. The molecule has 3 rings (SSSR count). The number of rotatable bonds is 7. The summed E-state index contributed by atoms with van der Waals surface area (Å²) in [4.78, 5) is 27.2. The topological polar surface area (TPSA) is 80.0 Å². The second-order valence-electron chi connectivity index (χ2n) is 6.30. The number of furan rings is 1. The Morgan fingerprint density at radius 1 is 1.33 bits per heavy atom. The second-order valence-corrected chi connectivity index (χ2v) is 6.74. The number of nitrogens with zero attached hydrogens (tertiary/aromatic N) is 1. The minimum absolute atomic E-state index is 0.00552. The molecular formula is C20H20ClNO5. The fourth-order valence-electron chi connectivity index (χ4n) is 3.21. The van der Waals surface area contributed by atoms with E-state index in [0.29, 0.717) is 35.9 Å². The van der Waals surface area contributed by atoms with Crippen LogP contribution in [0.4, 0.5) is 0 Å². The largest absolute Gasteiger partial charge is 0.503 e. The first-order chi connectivity index (χ1) is 12.9. The number of ketones is 1. The number of hydrogen-bond acceptors (Lipinski definition) is 5. The SMILES string of the molecule is COCCCN1C(=O)C(O)=C(C(=O)c2ccc(C)o2)C1c1cccc(Cl)c1. The number of amides is 1. The number of carbonyl (C=O) groups is 2. The quantitative estimate of drug-likeness (QED) is 0.574. The number of methoxy groups -OCH3 is 1. The van der Waals surface area contributed by atoms with Crippen LogP contribution in [0.1, 0.15) is 34.3 Å². The molecule has 0 saturated carbocycles. The first kappa shape index (κ1) is 19.2. The Labute approximate surface area is 162 Å². The number of aliphatic hydroxyl groups is 1. The summed E-state index contributed by atoms with van der Waals surface area (Å²) in [6, 6.07) is 9.35. The van der Waals surface area contributed by atoms with Crippen LogP contribution < -0.4 is 0 Å². The van der Waals surface area contributed by atoms with E-state index in [9.17, 15) is 14.7 Å². The number of ether oxygens (including phenoxy) is 1. The van der Waals surface area contributed by atoms with Crippen LogP contribution in [0.3, 0.4) is 0 Å². The van der Waals surface area contributed by atoms with Crippen LogP contribution in [0, 0.1) is 6.92 Å². The molecule has 0 bridgehead atoms. The minimum Gasteiger partial charge on any atom is -0.503 e. The van der Waals surface area contributed by atoms with Crippen molar-refractivity contribution >= 4 is 23.3 Å². The lowest BCUT2D eigenvalue weighted by atomic mass is 9.95. The molecule has 2 aromatic rings. The molecule has 1 N–H and O–H groups in total. The lowest BCUT2D eigenvalue weighted by Gasteiger charge is -2.26. The summed E-state index contributed by atoms with van der Waals surface area (Å²) in [7, 11) is 1.57. The highest BCUT2D eigenvalue weighted by molar-refractivity contribution is 6.30. The Balaban J connectivity index is 2.04. The summed E-state index contributed by atoms with van der Waals surface area (Å²) in [6.45, 7) is 2.49. The van der Waals surface area contributed by atoms with Crippen molar-refractivity contribution < 1.29 is 23.8 Å². The van der Waals surface area contributed by atoms with Gasteiger partial charge in [0.25, 0.3) is 5.91 Å².